The quantitative estimate of drug-likeness (QED) is 0.832. The SMILES string of the molecule is CC(C)C1(C(=O)O)CCN(C(=O)N(C)C2CC2)C1. The zero-order valence-electron chi connectivity index (χ0n) is 11.3. The Kier molecular flexibility index (Phi) is 3.25. The van der Waals surface area contributed by atoms with Crippen LogP contribution in [0.15, 0.2) is 0 Å². The van der Waals surface area contributed by atoms with E-state index in [0.29, 0.717) is 25.6 Å². The van der Waals surface area contributed by atoms with Gasteiger partial charge in [-0.05, 0) is 25.2 Å². The first kappa shape index (κ1) is 13.2. The normalized spacial score (nSPS) is 27.7. The second-order valence-corrected chi connectivity index (χ2v) is 5.91. The maximum Gasteiger partial charge on any atom is 0.320 e. The lowest BCUT2D eigenvalue weighted by molar-refractivity contribution is -0.150. The molecule has 5 heteroatoms. The van der Waals surface area contributed by atoms with Crippen LogP contribution in [0.4, 0.5) is 4.79 Å². The van der Waals surface area contributed by atoms with Crippen LogP contribution in [-0.2, 0) is 4.79 Å². The molecule has 1 aliphatic carbocycles. The third kappa shape index (κ3) is 2.06. The molecule has 0 spiro atoms. The smallest absolute Gasteiger partial charge is 0.320 e. The van der Waals surface area contributed by atoms with E-state index in [1.807, 2.05) is 20.9 Å². The molecule has 1 aliphatic heterocycles. The summed E-state index contributed by atoms with van der Waals surface area (Å²) >= 11 is 0. The Morgan fingerprint density at radius 2 is 2.00 bits per heavy atom. The Bertz CT molecular complexity index is 365. The molecule has 1 saturated carbocycles. The number of carboxylic acids is 1. The zero-order chi connectivity index (χ0) is 13.5. The maximum absolute atomic E-state index is 12.2. The number of aliphatic carboxylic acids is 1. The Morgan fingerprint density at radius 1 is 1.39 bits per heavy atom. The number of carbonyl (C=O) groups is 2. The molecular weight excluding hydrogens is 232 g/mol. The molecule has 1 unspecified atom stereocenters. The first-order chi connectivity index (χ1) is 8.38. The summed E-state index contributed by atoms with van der Waals surface area (Å²) in [6.45, 7) is 4.75. The van der Waals surface area contributed by atoms with Crippen molar-refractivity contribution in [2.24, 2.45) is 11.3 Å². The van der Waals surface area contributed by atoms with Crippen molar-refractivity contribution in [3.63, 3.8) is 0 Å². The van der Waals surface area contributed by atoms with Gasteiger partial charge in [0.25, 0.3) is 0 Å². The number of carbonyl (C=O) groups excluding carboxylic acids is 1. The van der Waals surface area contributed by atoms with E-state index in [0.717, 1.165) is 12.8 Å². The van der Waals surface area contributed by atoms with Gasteiger partial charge in [-0.25, -0.2) is 4.79 Å². The Hall–Kier alpha value is -1.26. The van der Waals surface area contributed by atoms with E-state index in [-0.39, 0.29) is 11.9 Å². The van der Waals surface area contributed by atoms with Gasteiger partial charge in [0.15, 0.2) is 0 Å². The van der Waals surface area contributed by atoms with Gasteiger partial charge < -0.3 is 14.9 Å². The number of rotatable bonds is 3. The highest BCUT2D eigenvalue weighted by Gasteiger charge is 2.49. The summed E-state index contributed by atoms with van der Waals surface area (Å²) in [4.78, 5) is 27.2. The third-order valence-electron chi connectivity index (χ3n) is 4.50. The van der Waals surface area contributed by atoms with Crippen molar-refractivity contribution in [1.82, 2.24) is 9.80 Å². The second-order valence-electron chi connectivity index (χ2n) is 5.91. The van der Waals surface area contributed by atoms with Gasteiger partial charge >= 0.3 is 12.0 Å². The van der Waals surface area contributed by atoms with Gasteiger partial charge in [0, 0.05) is 26.2 Å². The summed E-state index contributed by atoms with van der Waals surface area (Å²) in [5.74, 6) is -0.735. The fourth-order valence-electron chi connectivity index (χ4n) is 2.73. The largest absolute Gasteiger partial charge is 0.481 e. The molecule has 0 radical (unpaired) electrons. The van der Waals surface area contributed by atoms with Crippen LogP contribution in [0.3, 0.4) is 0 Å². The van der Waals surface area contributed by atoms with Crippen LogP contribution < -0.4 is 0 Å². The third-order valence-corrected chi connectivity index (χ3v) is 4.50. The van der Waals surface area contributed by atoms with Gasteiger partial charge in [-0.15, -0.1) is 0 Å². The molecule has 18 heavy (non-hydrogen) atoms. The number of likely N-dealkylation sites (tertiary alicyclic amines) is 1. The number of hydrogen-bond acceptors (Lipinski definition) is 2. The van der Waals surface area contributed by atoms with E-state index in [4.69, 9.17) is 0 Å². The molecule has 0 bridgehead atoms. The maximum atomic E-state index is 12.2. The van der Waals surface area contributed by atoms with Gasteiger partial charge in [0.2, 0.25) is 0 Å². The van der Waals surface area contributed by atoms with Gasteiger partial charge in [0.1, 0.15) is 0 Å². The summed E-state index contributed by atoms with van der Waals surface area (Å²) in [7, 11) is 1.82. The summed E-state index contributed by atoms with van der Waals surface area (Å²) < 4.78 is 0. The first-order valence-electron chi connectivity index (χ1n) is 6.63. The van der Waals surface area contributed by atoms with Crippen molar-refractivity contribution in [1.29, 1.82) is 0 Å². The fourth-order valence-corrected chi connectivity index (χ4v) is 2.73. The Labute approximate surface area is 108 Å². The monoisotopic (exact) mass is 254 g/mol. The average Bonchev–Trinajstić information content (AvgIpc) is 3.05. The zero-order valence-corrected chi connectivity index (χ0v) is 11.3. The van der Waals surface area contributed by atoms with Gasteiger partial charge in [0.05, 0.1) is 5.41 Å². The van der Waals surface area contributed by atoms with E-state index >= 15 is 0 Å². The topological polar surface area (TPSA) is 60.9 Å². The molecule has 0 aromatic heterocycles. The summed E-state index contributed by atoms with van der Waals surface area (Å²) in [5.41, 5.74) is -0.764. The molecule has 102 valence electrons. The highest BCUT2D eigenvalue weighted by molar-refractivity contribution is 5.80. The molecule has 1 saturated heterocycles. The van der Waals surface area contributed by atoms with Crippen LogP contribution in [0.25, 0.3) is 0 Å². The van der Waals surface area contributed by atoms with Crippen molar-refractivity contribution in [3.05, 3.63) is 0 Å². The van der Waals surface area contributed by atoms with Crippen LogP contribution in [0.1, 0.15) is 33.1 Å². The molecule has 2 fully saturated rings. The van der Waals surface area contributed by atoms with Gasteiger partial charge in [-0.3, -0.25) is 4.79 Å². The van der Waals surface area contributed by atoms with Gasteiger partial charge in [-0.2, -0.15) is 0 Å². The van der Waals surface area contributed by atoms with Crippen molar-refractivity contribution >= 4 is 12.0 Å². The van der Waals surface area contributed by atoms with E-state index in [9.17, 15) is 14.7 Å². The standard InChI is InChI=1S/C13H22N2O3/c1-9(2)13(11(16)17)6-7-15(8-13)12(18)14(3)10-4-5-10/h9-10H,4-8H2,1-3H3,(H,16,17). The minimum atomic E-state index is -0.776. The average molecular weight is 254 g/mol. The van der Waals surface area contributed by atoms with Crippen molar-refractivity contribution in [2.75, 3.05) is 20.1 Å². The number of hydrogen-bond donors (Lipinski definition) is 1. The highest BCUT2D eigenvalue weighted by atomic mass is 16.4. The lowest BCUT2D eigenvalue weighted by atomic mass is 9.76. The number of nitrogens with zero attached hydrogens (tertiary/aromatic N) is 2. The lowest BCUT2D eigenvalue weighted by Gasteiger charge is -2.30. The molecule has 1 N–H and O–H groups in total. The summed E-state index contributed by atoms with van der Waals surface area (Å²) in [6, 6.07) is 0.359. The summed E-state index contributed by atoms with van der Waals surface area (Å²) in [5, 5.41) is 9.44. The molecule has 0 aromatic carbocycles. The molecule has 5 nitrogen and oxygen atoms in total. The number of urea groups is 1. The van der Waals surface area contributed by atoms with E-state index < -0.39 is 11.4 Å². The molecular formula is C13H22N2O3. The summed E-state index contributed by atoms with van der Waals surface area (Å²) in [6.07, 6.45) is 2.71. The molecule has 2 aliphatic rings. The van der Waals surface area contributed by atoms with E-state index in [2.05, 4.69) is 0 Å². The molecule has 2 amide bonds. The van der Waals surface area contributed by atoms with Crippen molar-refractivity contribution in [3.8, 4) is 0 Å². The fraction of sp³-hybridized carbons (Fsp3) is 0.846. The van der Waals surface area contributed by atoms with Crippen LogP contribution in [-0.4, -0.2) is 53.1 Å². The number of carboxylic acid groups (broad SMARTS) is 1. The van der Waals surface area contributed by atoms with Gasteiger partial charge in [-0.1, -0.05) is 13.8 Å². The minimum Gasteiger partial charge on any atom is -0.481 e. The highest BCUT2D eigenvalue weighted by Crippen LogP contribution is 2.39. The van der Waals surface area contributed by atoms with E-state index in [1.165, 1.54) is 0 Å². The van der Waals surface area contributed by atoms with Crippen molar-refractivity contribution in [2.45, 2.75) is 39.2 Å². The predicted octanol–water partition coefficient (Wildman–Crippen LogP) is 1.63. The number of amides is 2. The lowest BCUT2D eigenvalue weighted by Crippen LogP contribution is -2.44. The second kappa shape index (κ2) is 4.44. The van der Waals surface area contributed by atoms with Crippen LogP contribution in [0.2, 0.25) is 0 Å². The molecule has 1 heterocycles. The molecule has 0 aromatic rings. The minimum absolute atomic E-state index is 0.0127. The molecule has 2 rings (SSSR count). The van der Waals surface area contributed by atoms with Crippen LogP contribution in [0, 0.1) is 11.3 Å². The first-order valence-corrected chi connectivity index (χ1v) is 6.63. The molecule has 1 atom stereocenters. The predicted molar refractivity (Wildman–Crippen MR) is 67.3 cm³/mol. The van der Waals surface area contributed by atoms with Crippen molar-refractivity contribution < 1.29 is 14.7 Å². The van der Waals surface area contributed by atoms with Crippen LogP contribution in [0.5, 0.6) is 0 Å². The van der Waals surface area contributed by atoms with Crippen LogP contribution >= 0.6 is 0 Å². The Morgan fingerprint density at radius 3 is 2.39 bits per heavy atom. The Balaban J connectivity index is 2.06. The van der Waals surface area contributed by atoms with E-state index in [1.54, 1.807) is 9.80 Å².